The van der Waals surface area contributed by atoms with Crippen molar-refractivity contribution in [1.29, 1.82) is 0 Å². The molecule has 0 bridgehead atoms. The summed E-state index contributed by atoms with van der Waals surface area (Å²) >= 11 is 1.28. The second kappa shape index (κ2) is 9.03. The minimum atomic E-state index is -3.80. The number of aromatic nitrogens is 2. The van der Waals surface area contributed by atoms with Gasteiger partial charge in [-0.25, -0.2) is 18.5 Å². The van der Waals surface area contributed by atoms with Gasteiger partial charge in [0.1, 0.15) is 11.0 Å². The zero-order chi connectivity index (χ0) is 22.7. The largest absolute Gasteiger partial charge is 0.497 e. The lowest BCUT2D eigenvalue weighted by Crippen LogP contribution is -2.19. The van der Waals surface area contributed by atoms with Crippen molar-refractivity contribution in [1.82, 2.24) is 9.97 Å². The fraction of sp³-hybridized carbons (Fsp3) is 0.0909. The quantitative estimate of drug-likeness (QED) is 0.355. The number of amides is 1. The molecule has 0 aliphatic heterocycles. The van der Waals surface area contributed by atoms with Crippen LogP contribution in [0.15, 0.2) is 82.8 Å². The van der Waals surface area contributed by atoms with E-state index in [1.807, 2.05) is 48.5 Å². The first-order chi connectivity index (χ1) is 15.3. The van der Waals surface area contributed by atoms with Crippen molar-refractivity contribution < 1.29 is 17.9 Å². The van der Waals surface area contributed by atoms with E-state index < -0.39 is 15.3 Å². The Morgan fingerprint density at radius 2 is 1.81 bits per heavy atom. The third-order valence-electron chi connectivity index (χ3n) is 4.69. The molecule has 0 spiro atoms. The highest BCUT2D eigenvalue weighted by Gasteiger charge is 2.24. The van der Waals surface area contributed by atoms with E-state index in [-0.39, 0.29) is 10.8 Å². The van der Waals surface area contributed by atoms with Crippen molar-refractivity contribution in [2.24, 2.45) is 5.14 Å². The fourth-order valence-corrected chi connectivity index (χ4v) is 4.61. The molecular weight excluding hydrogens is 448 g/mol. The van der Waals surface area contributed by atoms with Gasteiger partial charge in [0.05, 0.1) is 23.0 Å². The summed E-state index contributed by atoms with van der Waals surface area (Å²) in [4.78, 5) is 20.9. The highest BCUT2D eigenvalue weighted by molar-refractivity contribution is 8.00. The summed E-state index contributed by atoms with van der Waals surface area (Å²) in [5.74, 6) is 0.431. The summed E-state index contributed by atoms with van der Waals surface area (Å²) in [5, 5.41) is 7.95. The fourth-order valence-electron chi connectivity index (χ4n) is 3.10. The number of nitrogens with zero attached hydrogens (tertiary/aromatic N) is 1. The number of hydrogen-bond acceptors (Lipinski definition) is 6. The molecule has 32 heavy (non-hydrogen) atoms. The normalized spacial score (nSPS) is 12.4. The van der Waals surface area contributed by atoms with Gasteiger partial charge < -0.3 is 15.0 Å². The Balaban J connectivity index is 1.60. The van der Waals surface area contributed by atoms with Crippen molar-refractivity contribution >= 4 is 44.4 Å². The first-order valence-corrected chi connectivity index (χ1v) is 12.0. The molecule has 164 valence electrons. The van der Waals surface area contributed by atoms with Gasteiger partial charge in [-0.1, -0.05) is 42.1 Å². The van der Waals surface area contributed by atoms with E-state index in [1.165, 1.54) is 36.0 Å². The van der Waals surface area contributed by atoms with Crippen molar-refractivity contribution in [3.63, 3.8) is 0 Å². The van der Waals surface area contributed by atoms with Crippen LogP contribution >= 0.6 is 11.8 Å². The smallest absolute Gasteiger partial charge is 0.242 e. The van der Waals surface area contributed by atoms with Crippen LogP contribution in [-0.4, -0.2) is 31.4 Å². The summed E-state index contributed by atoms with van der Waals surface area (Å²) in [6, 6.07) is 20.5. The third-order valence-corrected chi connectivity index (χ3v) is 6.76. The average molecular weight is 469 g/mol. The molecule has 1 amide bonds. The molecule has 1 aromatic heterocycles. The van der Waals surface area contributed by atoms with Crippen LogP contribution in [0.1, 0.15) is 10.8 Å². The average Bonchev–Trinajstić information content (AvgIpc) is 3.19. The van der Waals surface area contributed by atoms with E-state index >= 15 is 0 Å². The Morgan fingerprint density at radius 1 is 1.09 bits per heavy atom. The number of carbonyl (C=O) groups is 1. The predicted octanol–water partition coefficient (Wildman–Crippen LogP) is 3.69. The van der Waals surface area contributed by atoms with E-state index in [0.29, 0.717) is 16.6 Å². The highest BCUT2D eigenvalue weighted by atomic mass is 32.2. The monoisotopic (exact) mass is 468 g/mol. The lowest BCUT2D eigenvalue weighted by molar-refractivity contribution is -0.115. The molecule has 3 aromatic carbocycles. The van der Waals surface area contributed by atoms with Crippen molar-refractivity contribution in [3.8, 4) is 5.75 Å². The molecule has 0 fully saturated rings. The lowest BCUT2D eigenvalue weighted by Gasteiger charge is -2.16. The SMILES string of the molecule is COc1ccc2nc(S[C@H](C(=O)Nc3ccc(S(N)(=O)=O)cc3)c3ccccc3)[nH]c2c1. The van der Waals surface area contributed by atoms with Crippen molar-refractivity contribution in [3.05, 3.63) is 78.4 Å². The molecule has 4 rings (SSSR count). The van der Waals surface area contributed by atoms with Crippen LogP contribution in [0, 0.1) is 0 Å². The number of fused-ring (bicyclic) bond motifs is 1. The van der Waals surface area contributed by atoms with E-state index in [9.17, 15) is 13.2 Å². The number of hydrogen-bond donors (Lipinski definition) is 3. The van der Waals surface area contributed by atoms with Gasteiger partial charge in [-0.05, 0) is 42.0 Å². The summed E-state index contributed by atoms with van der Waals surface area (Å²) in [5.41, 5.74) is 2.82. The molecule has 0 radical (unpaired) electrons. The van der Waals surface area contributed by atoms with Crippen LogP contribution in [-0.2, 0) is 14.8 Å². The molecular formula is C22H20N4O4S2. The number of benzene rings is 3. The highest BCUT2D eigenvalue weighted by Crippen LogP contribution is 2.36. The molecule has 0 aliphatic rings. The number of imidazole rings is 1. The van der Waals surface area contributed by atoms with Gasteiger partial charge in [0.15, 0.2) is 5.16 Å². The molecule has 0 unspecified atom stereocenters. The third kappa shape index (κ3) is 4.93. The standard InChI is InChI=1S/C22H20N4O4S2/c1-30-16-9-12-18-19(13-16)26-22(25-18)31-20(14-5-3-2-4-6-14)21(27)24-15-7-10-17(11-8-15)32(23,28)29/h2-13,20H,1H3,(H,24,27)(H,25,26)(H2,23,28,29)/t20-/m0/s1. The van der Waals surface area contributed by atoms with Crippen LogP contribution in [0.2, 0.25) is 0 Å². The number of primary sulfonamides is 1. The van der Waals surface area contributed by atoms with Gasteiger partial charge in [-0.15, -0.1) is 0 Å². The van der Waals surface area contributed by atoms with Crippen molar-refractivity contribution in [2.75, 3.05) is 12.4 Å². The molecule has 0 saturated carbocycles. The number of carbonyl (C=O) groups excluding carboxylic acids is 1. The first-order valence-electron chi connectivity index (χ1n) is 9.52. The maximum Gasteiger partial charge on any atom is 0.242 e. The van der Waals surface area contributed by atoms with Crippen LogP contribution in [0.3, 0.4) is 0 Å². The molecule has 0 aliphatic carbocycles. The molecule has 8 nitrogen and oxygen atoms in total. The Bertz CT molecular complexity index is 1350. The number of anilines is 1. The minimum absolute atomic E-state index is 0.0258. The van der Waals surface area contributed by atoms with Crippen LogP contribution < -0.4 is 15.2 Å². The first kappa shape index (κ1) is 21.9. The molecule has 1 heterocycles. The van der Waals surface area contributed by atoms with Gasteiger partial charge in [0.2, 0.25) is 15.9 Å². The van der Waals surface area contributed by atoms with E-state index in [4.69, 9.17) is 9.88 Å². The minimum Gasteiger partial charge on any atom is -0.497 e. The van der Waals surface area contributed by atoms with Gasteiger partial charge in [0, 0.05) is 11.8 Å². The van der Waals surface area contributed by atoms with Gasteiger partial charge in [-0.2, -0.15) is 0 Å². The number of ether oxygens (including phenoxy) is 1. The summed E-state index contributed by atoms with van der Waals surface area (Å²) in [6.07, 6.45) is 0. The van der Waals surface area contributed by atoms with E-state index in [1.54, 1.807) is 7.11 Å². The number of H-pyrrole nitrogens is 1. The van der Waals surface area contributed by atoms with E-state index in [0.717, 1.165) is 16.6 Å². The number of sulfonamides is 1. The molecule has 0 saturated heterocycles. The predicted molar refractivity (Wildman–Crippen MR) is 124 cm³/mol. The van der Waals surface area contributed by atoms with Gasteiger partial charge in [0.25, 0.3) is 0 Å². The number of thioether (sulfide) groups is 1. The number of rotatable bonds is 7. The molecule has 4 aromatic rings. The number of nitrogens with one attached hydrogen (secondary N) is 2. The molecule has 4 N–H and O–H groups in total. The van der Waals surface area contributed by atoms with E-state index in [2.05, 4.69) is 15.3 Å². The summed E-state index contributed by atoms with van der Waals surface area (Å²) in [6.45, 7) is 0. The summed E-state index contributed by atoms with van der Waals surface area (Å²) < 4.78 is 28.1. The van der Waals surface area contributed by atoms with Gasteiger partial charge in [-0.3, -0.25) is 4.79 Å². The number of aromatic amines is 1. The lowest BCUT2D eigenvalue weighted by atomic mass is 10.1. The number of methoxy groups -OCH3 is 1. The van der Waals surface area contributed by atoms with Crippen molar-refractivity contribution in [2.45, 2.75) is 15.3 Å². The zero-order valence-corrected chi connectivity index (χ0v) is 18.6. The number of nitrogens with two attached hydrogens (primary N) is 1. The maximum atomic E-state index is 13.2. The topological polar surface area (TPSA) is 127 Å². The second-order valence-corrected chi connectivity index (χ2v) is 9.55. The second-order valence-electron chi connectivity index (χ2n) is 6.89. The van der Waals surface area contributed by atoms with Gasteiger partial charge >= 0.3 is 0 Å². The molecule has 10 heteroatoms. The Kier molecular flexibility index (Phi) is 6.17. The Morgan fingerprint density at radius 3 is 2.47 bits per heavy atom. The Labute approximate surface area is 189 Å². The van der Waals surface area contributed by atoms with Crippen LogP contribution in [0.25, 0.3) is 11.0 Å². The Hall–Kier alpha value is -3.34. The maximum absolute atomic E-state index is 13.2. The zero-order valence-electron chi connectivity index (χ0n) is 17.0. The molecule has 1 atom stereocenters. The van der Waals surface area contributed by atoms with Crippen LogP contribution in [0.4, 0.5) is 5.69 Å². The summed E-state index contributed by atoms with van der Waals surface area (Å²) in [7, 11) is -2.21. The van der Waals surface area contributed by atoms with Crippen LogP contribution in [0.5, 0.6) is 5.75 Å².